The summed E-state index contributed by atoms with van der Waals surface area (Å²) in [7, 11) is 0. The van der Waals surface area contributed by atoms with Crippen LogP contribution in [0.25, 0.3) is 21.7 Å². The highest BCUT2D eigenvalue weighted by molar-refractivity contribution is 7.99. The van der Waals surface area contributed by atoms with Crippen molar-refractivity contribution in [2.24, 2.45) is 0 Å². The SMILES string of the molecule is N#Cc1c(-c2ccccc2)cc(-c2cccs2)nc1SCC(O)CNc1ccccc1. The quantitative estimate of drug-likeness (QED) is 0.331. The number of aromatic nitrogens is 1. The average Bonchev–Trinajstić information content (AvgIpc) is 3.37. The molecule has 4 rings (SSSR count). The number of aliphatic hydroxyl groups excluding tert-OH is 1. The molecule has 4 nitrogen and oxygen atoms in total. The molecule has 0 bridgehead atoms. The largest absolute Gasteiger partial charge is 0.390 e. The van der Waals surface area contributed by atoms with Crippen LogP contribution in [0.15, 0.2) is 89.3 Å². The molecule has 0 saturated carbocycles. The number of hydrogen-bond donors (Lipinski definition) is 2. The Hall–Kier alpha value is -3.11. The van der Waals surface area contributed by atoms with Gasteiger partial charge in [-0.2, -0.15) is 5.26 Å². The highest BCUT2D eigenvalue weighted by Gasteiger charge is 2.17. The predicted octanol–water partition coefficient (Wildman–Crippen LogP) is 5.91. The van der Waals surface area contributed by atoms with E-state index >= 15 is 0 Å². The van der Waals surface area contributed by atoms with E-state index in [1.165, 1.54) is 11.8 Å². The topological polar surface area (TPSA) is 68.9 Å². The van der Waals surface area contributed by atoms with Crippen molar-refractivity contribution in [2.45, 2.75) is 11.1 Å². The van der Waals surface area contributed by atoms with Gasteiger partial charge in [0, 0.05) is 23.5 Å². The van der Waals surface area contributed by atoms with E-state index in [1.807, 2.05) is 84.2 Å². The number of nitrogens with zero attached hydrogens (tertiary/aromatic N) is 2. The minimum atomic E-state index is -0.580. The van der Waals surface area contributed by atoms with Crippen LogP contribution in [0, 0.1) is 11.3 Å². The first-order chi connectivity index (χ1) is 15.2. The summed E-state index contributed by atoms with van der Waals surface area (Å²) in [6, 6.07) is 28.0. The van der Waals surface area contributed by atoms with Crippen LogP contribution in [0.1, 0.15) is 5.56 Å². The van der Waals surface area contributed by atoms with Gasteiger partial charge in [-0.25, -0.2) is 4.98 Å². The summed E-state index contributed by atoms with van der Waals surface area (Å²) in [5, 5.41) is 26.3. The Morgan fingerprint density at radius 1 is 1.03 bits per heavy atom. The molecule has 2 N–H and O–H groups in total. The summed E-state index contributed by atoms with van der Waals surface area (Å²) in [4.78, 5) is 5.83. The van der Waals surface area contributed by atoms with Crippen molar-refractivity contribution in [3.63, 3.8) is 0 Å². The maximum atomic E-state index is 10.5. The van der Waals surface area contributed by atoms with Gasteiger partial charge in [-0.05, 0) is 35.2 Å². The van der Waals surface area contributed by atoms with Crippen molar-refractivity contribution < 1.29 is 5.11 Å². The van der Waals surface area contributed by atoms with Crippen molar-refractivity contribution in [1.82, 2.24) is 4.98 Å². The van der Waals surface area contributed by atoms with Crippen molar-refractivity contribution >= 4 is 28.8 Å². The van der Waals surface area contributed by atoms with E-state index in [9.17, 15) is 10.4 Å². The molecule has 0 spiro atoms. The number of rotatable bonds is 8. The number of pyridine rings is 1. The monoisotopic (exact) mass is 443 g/mol. The maximum absolute atomic E-state index is 10.5. The number of nitriles is 1. The van der Waals surface area contributed by atoms with E-state index in [4.69, 9.17) is 4.98 Å². The first-order valence-electron chi connectivity index (χ1n) is 9.89. The fourth-order valence-corrected chi connectivity index (χ4v) is 4.77. The third-order valence-corrected chi connectivity index (χ3v) is 6.70. The Bertz CT molecular complexity index is 1160. The summed E-state index contributed by atoms with van der Waals surface area (Å²) in [6.07, 6.45) is -0.580. The molecule has 2 heterocycles. The molecule has 0 saturated heterocycles. The van der Waals surface area contributed by atoms with Gasteiger partial charge in [-0.3, -0.25) is 0 Å². The van der Waals surface area contributed by atoms with Gasteiger partial charge in [-0.1, -0.05) is 54.6 Å². The highest BCUT2D eigenvalue weighted by atomic mass is 32.2. The third kappa shape index (κ3) is 5.33. The fraction of sp³-hybridized carbons (Fsp3) is 0.120. The first kappa shape index (κ1) is 21.1. The molecule has 1 atom stereocenters. The second kappa shape index (κ2) is 10.3. The number of para-hydroxylation sites is 1. The maximum Gasteiger partial charge on any atom is 0.115 e. The van der Waals surface area contributed by atoms with E-state index < -0.39 is 6.10 Å². The van der Waals surface area contributed by atoms with Gasteiger partial charge in [0.25, 0.3) is 0 Å². The molecule has 1 unspecified atom stereocenters. The van der Waals surface area contributed by atoms with E-state index in [2.05, 4.69) is 11.4 Å². The van der Waals surface area contributed by atoms with Crippen LogP contribution in [0.2, 0.25) is 0 Å². The van der Waals surface area contributed by atoms with Crippen LogP contribution < -0.4 is 5.32 Å². The van der Waals surface area contributed by atoms with Crippen LogP contribution in [0.4, 0.5) is 5.69 Å². The fourth-order valence-electron chi connectivity index (χ4n) is 3.16. The number of nitrogens with one attached hydrogen (secondary N) is 1. The lowest BCUT2D eigenvalue weighted by molar-refractivity contribution is 0.213. The summed E-state index contributed by atoms with van der Waals surface area (Å²) in [5.41, 5.74) is 4.19. The van der Waals surface area contributed by atoms with E-state index in [-0.39, 0.29) is 0 Å². The summed E-state index contributed by atoms with van der Waals surface area (Å²) < 4.78 is 0. The molecular weight excluding hydrogens is 422 g/mol. The Labute approximate surface area is 190 Å². The second-order valence-electron chi connectivity index (χ2n) is 6.90. The molecule has 31 heavy (non-hydrogen) atoms. The van der Waals surface area contributed by atoms with Crippen LogP contribution in [0.5, 0.6) is 0 Å². The Balaban J connectivity index is 1.58. The lowest BCUT2D eigenvalue weighted by Gasteiger charge is -2.15. The Kier molecular flexibility index (Phi) is 7.00. The Morgan fingerprint density at radius 3 is 2.45 bits per heavy atom. The van der Waals surface area contributed by atoms with Crippen LogP contribution in [-0.4, -0.2) is 28.5 Å². The molecule has 154 valence electrons. The molecule has 4 aromatic rings. The van der Waals surface area contributed by atoms with E-state index in [1.54, 1.807) is 11.3 Å². The van der Waals surface area contributed by atoms with Crippen molar-refractivity contribution in [1.29, 1.82) is 5.26 Å². The van der Waals surface area contributed by atoms with Crippen LogP contribution in [0.3, 0.4) is 0 Å². The molecule has 2 aromatic carbocycles. The van der Waals surface area contributed by atoms with Gasteiger partial charge >= 0.3 is 0 Å². The van der Waals surface area contributed by atoms with Crippen LogP contribution >= 0.6 is 23.1 Å². The molecular formula is C25H21N3OS2. The minimum Gasteiger partial charge on any atom is -0.390 e. The van der Waals surface area contributed by atoms with Crippen molar-refractivity contribution in [3.05, 3.63) is 89.8 Å². The summed E-state index contributed by atoms with van der Waals surface area (Å²) in [6.45, 7) is 0.426. The zero-order valence-electron chi connectivity index (χ0n) is 16.7. The van der Waals surface area contributed by atoms with Crippen molar-refractivity contribution in [2.75, 3.05) is 17.6 Å². The normalized spacial score (nSPS) is 11.6. The smallest absolute Gasteiger partial charge is 0.115 e. The van der Waals surface area contributed by atoms with E-state index in [0.717, 1.165) is 27.4 Å². The molecule has 2 aromatic heterocycles. The van der Waals surface area contributed by atoms with Crippen LogP contribution in [-0.2, 0) is 0 Å². The van der Waals surface area contributed by atoms with Crippen molar-refractivity contribution in [3.8, 4) is 27.8 Å². The lowest BCUT2D eigenvalue weighted by Crippen LogP contribution is -2.21. The number of anilines is 1. The average molecular weight is 444 g/mol. The summed E-state index contributed by atoms with van der Waals surface area (Å²) >= 11 is 3.03. The van der Waals surface area contributed by atoms with Gasteiger partial charge in [0.1, 0.15) is 11.1 Å². The van der Waals surface area contributed by atoms with Gasteiger partial charge in [0.05, 0.1) is 22.2 Å². The van der Waals surface area contributed by atoms with Gasteiger partial charge in [0.15, 0.2) is 0 Å². The predicted molar refractivity (Wildman–Crippen MR) is 129 cm³/mol. The van der Waals surface area contributed by atoms with E-state index in [0.29, 0.717) is 22.9 Å². The molecule has 0 fully saturated rings. The third-order valence-electron chi connectivity index (χ3n) is 4.68. The molecule has 0 aliphatic carbocycles. The Morgan fingerprint density at radius 2 is 1.77 bits per heavy atom. The molecule has 6 heteroatoms. The molecule has 0 amide bonds. The zero-order valence-corrected chi connectivity index (χ0v) is 18.4. The number of aliphatic hydroxyl groups is 1. The summed E-state index contributed by atoms with van der Waals surface area (Å²) in [5.74, 6) is 0.434. The van der Waals surface area contributed by atoms with Gasteiger partial charge in [-0.15, -0.1) is 23.1 Å². The zero-order chi connectivity index (χ0) is 21.5. The second-order valence-corrected chi connectivity index (χ2v) is 8.86. The first-order valence-corrected chi connectivity index (χ1v) is 11.8. The van der Waals surface area contributed by atoms with Gasteiger partial charge in [0.2, 0.25) is 0 Å². The minimum absolute atomic E-state index is 0.426. The molecule has 0 radical (unpaired) electrons. The van der Waals surface area contributed by atoms with Gasteiger partial charge < -0.3 is 10.4 Å². The number of thiophene rings is 1. The molecule has 0 aliphatic heterocycles. The standard InChI is InChI=1S/C25H21N3OS2/c26-15-22-21(18-8-3-1-4-9-18)14-23(24-12-7-13-30-24)28-25(22)31-17-20(29)16-27-19-10-5-2-6-11-19/h1-14,20,27,29H,16-17H2. The number of hydrogen-bond acceptors (Lipinski definition) is 6. The lowest BCUT2D eigenvalue weighted by atomic mass is 10.0. The number of benzene rings is 2. The number of thioether (sulfide) groups is 1. The highest BCUT2D eigenvalue weighted by Crippen LogP contribution is 2.35. The molecule has 0 aliphatic rings.